The summed E-state index contributed by atoms with van der Waals surface area (Å²) < 4.78 is 13.7. The molecule has 0 bridgehead atoms. The minimum absolute atomic E-state index is 0.0633. The smallest absolute Gasteiger partial charge is 0.235 e. The number of primary amides is 1. The molecular weight excluding hydrogens is 509 g/mol. The van der Waals surface area contributed by atoms with Gasteiger partial charge in [0.25, 0.3) is 0 Å². The van der Waals surface area contributed by atoms with Crippen molar-refractivity contribution in [3.8, 4) is 16.9 Å². The van der Waals surface area contributed by atoms with Gasteiger partial charge in [-0.1, -0.05) is 12.1 Å². The van der Waals surface area contributed by atoms with Crippen LogP contribution < -0.4 is 11.5 Å². The van der Waals surface area contributed by atoms with E-state index in [2.05, 4.69) is 0 Å². The maximum absolute atomic E-state index is 13.9. The molecule has 1 amide bonds. The number of carbonyl (C=O) groups excluding carboxylic acids is 5. The van der Waals surface area contributed by atoms with Gasteiger partial charge < -0.3 is 21.7 Å². The van der Waals surface area contributed by atoms with Crippen molar-refractivity contribution in [3.05, 3.63) is 52.8 Å². The van der Waals surface area contributed by atoms with E-state index >= 15 is 0 Å². The molecule has 0 aromatic heterocycles. The Morgan fingerprint density at radius 3 is 2.33 bits per heavy atom. The number of aromatic hydroxyl groups is 1. The van der Waals surface area contributed by atoms with Crippen molar-refractivity contribution in [2.75, 3.05) is 14.1 Å². The second kappa shape index (κ2) is 9.15. The molecule has 2 fully saturated rings. The molecule has 2 unspecified atom stereocenters. The van der Waals surface area contributed by atoms with Gasteiger partial charge in [0.05, 0.1) is 17.5 Å². The van der Waals surface area contributed by atoms with Gasteiger partial charge in [-0.25, -0.2) is 4.39 Å². The van der Waals surface area contributed by atoms with Crippen LogP contribution in [0.2, 0.25) is 0 Å². The van der Waals surface area contributed by atoms with E-state index in [1.807, 2.05) is 0 Å². The Balaban J connectivity index is 1.69. The van der Waals surface area contributed by atoms with E-state index < -0.39 is 75.9 Å². The highest BCUT2D eigenvalue weighted by Gasteiger charge is 2.69. The number of rotatable bonds is 4. The average Bonchev–Trinajstić information content (AvgIpc) is 2.86. The third-order valence-electron chi connectivity index (χ3n) is 8.52. The molecule has 2 aromatic carbocycles. The van der Waals surface area contributed by atoms with E-state index in [4.69, 9.17) is 11.5 Å². The Labute approximate surface area is 222 Å². The fourth-order valence-electron chi connectivity index (χ4n) is 6.77. The number of carbonyl (C=O) groups is 5. The third kappa shape index (κ3) is 3.68. The number of hydrogen-bond acceptors (Lipinski definition) is 9. The number of phenols is 1. The Bertz CT molecular complexity index is 1450. The van der Waals surface area contributed by atoms with Gasteiger partial charge in [-0.15, -0.1) is 0 Å². The van der Waals surface area contributed by atoms with Gasteiger partial charge in [0, 0.05) is 18.0 Å². The van der Waals surface area contributed by atoms with E-state index in [0.717, 1.165) is 0 Å². The van der Waals surface area contributed by atoms with Crippen molar-refractivity contribution in [1.82, 2.24) is 4.90 Å². The maximum atomic E-state index is 13.9. The average molecular weight is 538 g/mol. The summed E-state index contributed by atoms with van der Waals surface area (Å²) in [5.41, 5.74) is 9.95. The number of halogens is 1. The van der Waals surface area contributed by atoms with Crippen LogP contribution in [0, 0.1) is 29.5 Å². The molecule has 10 nitrogen and oxygen atoms in total. The van der Waals surface area contributed by atoms with Gasteiger partial charge >= 0.3 is 0 Å². The van der Waals surface area contributed by atoms with Crippen LogP contribution in [-0.4, -0.2) is 69.9 Å². The molecule has 3 aliphatic rings. The fourth-order valence-corrected chi connectivity index (χ4v) is 6.77. The number of amides is 1. The molecule has 0 spiro atoms. The second-order valence-electron chi connectivity index (χ2n) is 10.8. The van der Waals surface area contributed by atoms with Crippen LogP contribution in [0.25, 0.3) is 11.1 Å². The van der Waals surface area contributed by atoms with E-state index in [0.29, 0.717) is 16.7 Å². The number of aliphatic hydroxyl groups is 1. The zero-order chi connectivity index (χ0) is 28.5. The van der Waals surface area contributed by atoms with Crippen molar-refractivity contribution < 1.29 is 38.6 Å². The molecule has 6 N–H and O–H groups in total. The highest BCUT2D eigenvalue weighted by atomic mass is 19.1. The van der Waals surface area contributed by atoms with E-state index in [1.54, 1.807) is 6.07 Å². The van der Waals surface area contributed by atoms with Crippen LogP contribution in [-0.2, 0) is 32.1 Å². The standard InChI is InChI=1S/C28H28FN3O7/c1-32(2)21-17-9-12-7-16-15(11-3-5-14(29)6-4-11)8-13(10-30)22(33)19(16)23(34)18(12)25(36)28(17,39)26(37)20(24(21)35)27(31)38/h3-6,8,12,17-18,20-21,33,39H,7,9-10,30H2,1-2H3,(H2,31,38)/t12-,17-,18?,20?,21+,28-/m0/s1. The molecule has 39 heavy (non-hydrogen) atoms. The lowest BCUT2D eigenvalue weighted by Gasteiger charge is -2.52. The van der Waals surface area contributed by atoms with Crippen molar-refractivity contribution in [2.24, 2.45) is 35.1 Å². The molecule has 6 atom stereocenters. The maximum Gasteiger partial charge on any atom is 0.235 e. The van der Waals surface area contributed by atoms with Crippen molar-refractivity contribution >= 4 is 29.0 Å². The largest absolute Gasteiger partial charge is 0.507 e. The van der Waals surface area contributed by atoms with Gasteiger partial charge in [0.15, 0.2) is 34.7 Å². The highest BCUT2D eigenvalue weighted by molar-refractivity contribution is 6.32. The molecule has 204 valence electrons. The minimum Gasteiger partial charge on any atom is -0.507 e. The van der Waals surface area contributed by atoms with Crippen LogP contribution in [0.15, 0.2) is 30.3 Å². The Hall–Kier alpha value is -3.80. The lowest BCUT2D eigenvalue weighted by Crippen LogP contribution is -2.74. The Morgan fingerprint density at radius 1 is 1.13 bits per heavy atom. The number of phenolic OH excluding ortho intramolecular Hbond substituents is 1. The first-order valence-electron chi connectivity index (χ1n) is 12.5. The van der Waals surface area contributed by atoms with Gasteiger partial charge in [0.1, 0.15) is 11.6 Å². The molecule has 0 radical (unpaired) electrons. The van der Waals surface area contributed by atoms with Crippen LogP contribution in [0.5, 0.6) is 5.75 Å². The topological polar surface area (TPSA) is 181 Å². The van der Waals surface area contributed by atoms with Crippen LogP contribution in [0.3, 0.4) is 0 Å². The zero-order valence-corrected chi connectivity index (χ0v) is 21.3. The van der Waals surface area contributed by atoms with E-state index in [1.165, 1.54) is 43.3 Å². The Kier molecular flexibility index (Phi) is 6.28. The lowest BCUT2D eigenvalue weighted by molar-refractivity contribution is -0.181. The molecule has 2 aromatic rings. The number of Topliss-reactive ketones (excluding diaryl/α,β-unsaturated/α-hetero) is 4. The number of fused-ring (bicyclic) bond motifs is 3. The summed E-state index contributed by atoms with van der Waals surface area (Å²) in [6, 6.07) is 5.98. The number of benzene rings is 2. The van der Waals surface area contributed by atoms with Crippen molar-refractivity contribution in [1.29, 1.82) is 0 Å². The first-order chi connectivity index (χ1) is 18.3. The summed E-state index contributed by atoms with van der Waals surface area (Å²) in [5.74, 6) is -11.7. The highest BCUT2D eigenvalue weighted by Crippen LogP contribution is 2.52. The molecule has 3 aliphatic carbocycles. The van der Waals surface area contributed by atoms with Gasteiger partial charge in [-0.05, 0) is 67.7 Å². The fraction of sp³-hybridized carbons (Fsp3) is 0.393. The van der Waals surface area contributed by atoms with Crippen molar-refractivity contribution in [2.45, 2.75) is 31.0 Å². The minimum atomic E-state index is -2.79. The number of nitrogens with two attached hydrogens (primary N) is 2. The summed E-state index contributed by atoms with van der Waals surface area (Å²) in [5, 5.41) is 22.7. The molecule has 2 saturated carbocycles. The number of hydrogen-bond donors (Lipinski definition) is 4. The summed E-state index contributed by atoms with van der Waals surface area (Å²) in [4.78, 5) is 67.9. The molecule has 5 rings (SSSR count). The summed E-state index contributed by atoms with van der Waals surface area (Å²) >= 11 is 0. The zero-order valence-electron chi connectivity index (χ0n) is 21.3. The number of nitrogens with zero attached hydrogens (tertiary/aromatic N) is 1. The van der Waals surface area contributed by atoms with Crippen LogP contribution in [0.4, 0.5) is 4.39 Å². The summed E-state index contributed by atoms with van der Waals surface area (Å²) in [7, 11) is 3.04. The second-order valence-corrected chi connectivity index (χ2v) is 10.8. The third-order valence-corrected chi connectivity index (χ3v) is 8.52. The van der Waals surface area contributed by atoms with E-state index in [9.17, 15) is 38.6 Å². The monoisotopic (exact) mass is 537 g/mol. The Morgan fingerprint density at radius 2 is 1.77 bits per heavy atom. The predicted molar refractivity (Wildman–Crippen MR) is 135 cm³/mol. The molecular formula is C28H28FN3O7. The first kappa shape index (κ1) is 26.8. The lowest BCUT2D eigenvalue weighted by atomic mass is 9.52. The van der Waals surface area contributed by atoms with Gasteiger partial charge in [-0.2, -0.15) is 0 Å². The molecule has 0 aliphatic heterocycles. The van der Waals surface area contributed by atoms with E-state index in [-0.39, 0.29) is 30.5 Å². The SMILES string of the molecule is CN(C)[C@H]1C(=O)C(C(N)=O)C(=O)[C@@]2(O)C(=O)C3C(=O)c4c(O)c(CN)cc(-c5ccc(F)cc5)c4C[C@H]3C[C@@H]12. The predicted octanol–water partition coefficient (Wildman–Crippen LogP) is 0.132. The van der Waals surface area contributed by atoms with Crippen LogP contribution in [0.1, 0.15) is 27.9 Å². The van der Waals surface area contributed by atoms with Gasteiger partial charge in [0.2, 0.25) is 5.91 Å². The quantitative estimate of drug-likeness (QED) is 0.394. The molecule has 0 saturated heterocycles. The van der Waals surface area contributed by atoms with Crippen molar-refractivity contribution in [3.63, 3.8) is 0 Å². The van der Waals surface area contributed by atoms with Crippen LogP contribution >= 0.6 is 0 Å². The summed E-state index contributed by atoms with van der Waals surface area (Å²) in [6.45, 7) is -0.139. The number of ketones is 4. The normalized spacial score (nSPS) is 30.2. The molecule has 0 heterocycles. The summed E-state index contributed by atoms with van der Waals surface area (Å²) in [6.07, 6.45) is 0.0309. The van der Waals surface area contributed by atoms with Gasteiger partial charge in [-0.3, -0.25) is 28.9 Å². The first-order valence-corrected chi connectivity index (χ1v) is 12.5. The number of likely N-dealkylation sites (N-methyl/N-ethyl adjacent to an activating group) is 1. The molecule has 11 heteroatoms.